The molecule has 0 aliphatic rings. The molecule has 0 aliphatic carbocycles. The Kier molecular flexibility index (Phi) is 7.05. The molecule has 0 radical (unpaired) electrons. The molecule has 0 amide bonds. The van der Waals surface area contributed by atoms with Crippen molar-refractivity contribution in [2.75, 3.05) is 45.9 Å². The summed E-state index contributed by atoms with van der Waals surface area (Å²) in [5.74, 6) is 1.12. The molecule has 0 spiro atoms. The second-order valence-electron chi connectivity index (χ2n) is 3.73. The molecule has 0 saturated heterocycles. The molecular weight excluding hydrogens is 234 g/mol. The monoisotopic (exact) mass is 255 g/mol. The fourth-order valence-electron chi connectivity index (χ4n) is 1.34. The van der Waals surface area contributed by atoms with Gasteiger partial charge in [-0.25, -0.2) is 4.98 Å². The summed E-state index contributed by atoms with van der Waals surface area (Å²) >= 11 is 0. The van der Waals surface area contributed by atoms with Gasteiger partial charge in [0, 0.05) is 39.1 Å². The molecule has 0 atom stereocenters. The quantitative estimate of drug-likeness (QED) is 0.670. The van der Waals surface area contributed by atoms with E-state index >= 15 is 0 Å². The van der Waals surface area contributed by atoms with Crippen molar-refractivity contribution in [3.05, 3.63) is 11.8 Å². The standard InChI is InChI=1S/C12H21N3O3/c1-10-9-11(15-12(13-2)14-10)18-8-7-17-6-4-5-16-3/h9H,4-8H2,1-3H3,(H,13,14,15). The van der Waals surface area contributed by atoms with Crippen molar-refractivity contribution in [1.29, 1.82) is 0 Å². The molecule has 0 aromatic carbocycles. The van der Waals surface area contributed by atoms with Gasteiger partial charge in [-0.2, -0.15) is 4.98 Å². The van der Waals surface area contributed by atoms with Gasteiger partial charge in [-0.1, -0.05) is 0 Å². The molecule has 0 unspecified atom stereocenters. The first kappa shape index (κ1) is 14.7. The lowest BCUT2D eigenvalue weighted by Gasteiger charge is -2.08. The van der Waals surface area contributed by atoms with Gasteiger partial charge in [0.2, 0.25) is 11.8 Å². The van der Waals surface area contributed by atoms with E-state index in [0.29, 0.717) is 31.6 Å². The minimum atomic E-state index is 0.479. The number of ether oxygens (including phenoxy) is 3. The van der Waals surface area contributed by atoms with Crippen molar-refractivity contribution in [2.24, 2.45) is 0 Å². The third-order valence-corrected chi connectivity index (χ3v) is 2.17. The van der Waals surface area contributed by atoms with E-state index in [4.69, 9.17) is 14.2 Å². The van der Waals surface area contributed by atoms with Crippen LogP contribution in [-0.4, -0.2) is 50.6 Å². The van der Waals surface area contributed by atoms with Gasteiger partial charge in [-0.05, 0) is 13.3 Å². The third kappa shape index (κ3) is 5.79. The van der Waals surface area contributed by atoms with Crippen LogP contribution >= 0.6 is 0 Å². The van der Waals surface area contributed by atoms with Crippen LogP contribution in [0.15, 0.2) is 6.07 Å². The number of hydrogen-bond donors (Lipinski definition) is 1. The van der Waals surface area contributed by atoms with E-state index in [2.05, 4.69) is 15.3 Å². The first-order chi connectivity index (χ1) is 8.76. The average molecular weight is 255 g/mol. The molecular formula is C12H21N3O3. The Labute approximate surface area is 108 Å². The fourth-order valence-corrected chi connectivity index (χ4v) is 1.34. The lowest BCUT2D eigenvalue weighted by Crippen LogP contribution is -2.10. The minimum Gasteiger partial charge on any atom is -0.475 e. The molecule has 1 rings (SSSR count). The predicted molar refractivity (Wildman–Crippen MR) is 69.1 cm³/mol. The van der Waals surface area contributed by atoms with Crippen molar-refractivity contribution in [2.45, 2.75) is 13.3 Å². The number of anilines is 1. The van der Waals surface area contributed by atoms with Gasteiger partial charge in [0.25, 0.3) is 0 Å². The molecule has 6 nitrogen and oxygen atoms in total. The van der Waals surface area contributed by atoms with Crippen LogP contribution in [0.1, 0.15) is 12.1 Å². The van der Waals surface area contributed by atoms with Gasteiger partial charge in [0.05, 0.1) is 6.61 Å². The zero-order valence-corrected chi connectivity index (χ0v) is 11.2. The maximum Gasteiger partial charge on any atom is 0.225 e. The number of methoxy groups -OCH3 is 1. The topological polar surface area (TPSA) is 65.5 Å². The summed E-state index contributed by atoms with van der Waals surface area (Å²) in [4.78, 5) is 8.36. The van der Waals surface area contributed by atoms with E-state index in [1.165, 1.54) is 0 Å². The highest BCUT2D eigenvalue weighted by Gasteiger charge is 2.01. The molecule has 1 heterocycles. The zero-order chi connectivity index (χ0) is 13.2. The Balaban J connectivity index is 2.20. The number of nitrogens with zero attached hydrogens (tertiary/aromatic N) is 2. The Morgan fingerprint density at radius 2 is 2.00 bits per heavy atom. The summed E-state index contributed by atoms with van der Waals surface area (Å²) in [6, 6.07) is 1.80. The highest BCUT2D eigenvalue weighted by atomic mass is 16.5. The summed E-state index contributed by atoms with van der Waals surface area (Å²) in [6.07, 6.45) is 0.896. The lowest BCUT2D eigenvalue weighted by atomic mass is 10.4. The van der Waals surface area contributed by atoms with E-state index in [9.17, 15) is 0 Å². The summed E-state index contributed by atoms with van der Waals surface area (Å²) in [5.41, 5.74) is 0.866. The Morgan fingerprint density at radius 3 is 2.72 bits per heavy atom. The van der Waals surface area contributed by atoms with Crippen molar-refractivity contribution < 1.29 is 14.2 Å². The van der Waals surface area contributed by atoms with E-state index in [1.54, 1.807) is 20.2 Å². The average Bonchev–Trinajstić information content (AvgIpc) is 2.37. The lowest BCUT2D eigenvalue weighted by molar-refractivity contribution is 0.0795. The van der Waals surface area contributed by atoms with Crippen LogP contribution in [0.2, 0.25) is 0 Å². The fraction of sp³-hybridized carbons (Fsp3) is 0.667. The van der Waals surface area contributed by atoms with E-state index < -0.39 is 0 Å². The van der Waals surface area contributed by atoms with E-state index in [1.807, 2.05) is 6.92 Å². The van der Waals surface area contributed by atoms with Crippen LogP contribution in [0, 0.1) is 6.92 Å². The first-order valence-corrected chi connectivity index (χ1v) is 5.99. The van der Waals surface area contributed by atoms with E-state index in [-0.39, 0.29) is 0 Å². The van der Waals surface area contributed by atoms with Gasteiger partial charge >= 0.3 is 0 Å². The first-order valence-electron chi connectivity index (χ1n) is 5.99. The van der Waals surface area contributed by atoms with Crippen LogP contribution in [0.25, 0.3) is 0 Å². The molecule has 1 aromatic rings. The summed E-state index contributed by atoms with van der Waals surface area (Å²) in [7, 11) is 3.46. The number of nitrogens with one attached hydrogen (secondary N) is 1. The molecule has 18 heavy (non-hydrogen) atoms. The SMILES string of the molecule is CNc1nc(C)cc(OCCOCCCOC)n1. The van der Waals surface area contributed by atoms with Crippen LogP contribution in [0.3, 0.4) is 0 Å². The Bertz CT molecular complexity index is 347. The summed E-state index contributed by atoms with van der Waals surface area (Å²) < 4.78 is 15.8. The number of aromatic nitrogens is 2. The van der Waals surface area contributed by atoms with Gasteiger partial charge in [-0.15, -0.1) is 0 Å². The zero-order valence-electron chi connectivity index (χ0n) is 11.2. The Hall–Kier alpha value is -1.40. The molecule has 1 N–H and O–H groups in total. The Morgan fingerprint density at radius 1 is 1.17 bits per heavy atom. The smallest absolute Gasteiger partial charge is 0.225 e. The summed E-state index contributed by atoms with van der Waals surface area (Å²) in [6.45, 7) is 4.32. The van der Waals surface area contributed by atoms with Gasteiger partial charge in [0.1, 0.15) is 6.61 Å². The van der Waals surface area contributed by atoms with Crippen LogP contribution in [0.5, 0.6) is 5.88 Å². The van der Waals surface area contributed by atoms with Crippen molar-refractivity contribution >= 4 is 5.95 Å². The summed E-state index contributed by atoms with van der Waals surface area (Å²) in [5, 5.41) is 2.89. The van der Waals surface area contributed by atoms with Gasteiger partial charge in [0.15, 0.2) is 0 Å². The highest BCUT2D eigenvalue weighted by Crippen LogP contribution is 2.11. The van der Waals surface area contributed by atoms with Crippen molar-refractivity contribution in [3.8, 4) is 5.88 Å². The van der Waals surface area contributed by atoms with Crippen LogP contribution < -0.4 is 10.1 Å². The molecule has 0 saturated carbocycles. The normalized spacial score (nSPS) is 10.4. The molecule has 102 valence electrons. The van der Waals surface area contributed by atoms with Crippen molar-refractivity contribution in [3.63, 3.8) is 0 Å². The number of aryl methyl sites for hydroxylation is 1. The minimum absolute atomic E-state index is 0.479. The second-order valence-corrected chi connectivity index (χ2v) is 3.73. The van der Waals surface area contributed by atoms with Crippen LogP contribution in [-0.2, 0) is 9.47 Å². The second kappa shape index (κ2) is 8.66. The van der Waals surface area contributed by atoms with Gasteiger partial charge in [-0.3, -0.25) is 0 Å². The maximum atomic E-state index is 5.49. The molecule has 6 heteroatoms. The number of hydrogen-bond acceptors (Lipinski definition) is 6. The largest absolute Gasteiger partial charge is 0.475 e. The van der Waals surface area contributed by atoms with Gasteiger partial charge < -0.3 is 19.5 Å². The molecule has 0 aliphatic heterocycles. The molecule has 1 aromatic heterocycles. The van der Waals surface area contributed by atoms with Crippen molar-refractivity contribution in [1.82, 2.24) is 9.97 Å². The molecule has 0 fully saturated rings. The maximum absolute atomic E-state index is 5.49. The molecule has 0 bridgehead atoms. The number of rotatable bonds is 9. The van der Waals surface area contributed by atoms with E-state index in [0.717, 1.165) is 18.7 Å². The van der Waals surface area contributed by atoms with Crippen LogP contribution in [0.4, 0.5) is 5.95 Å². The third-order valence-electron chi connectivity index (χ3n) is 2.17. The highest BCUT2D eigenvalue weighted by molar-refractivity contribution is 5.29. The predicted octanol–water partition coefficient (Wildman–Crippen LogP) is 1.26.